The molecule has 272 valence electrons. The van der Waals surface area contributed by atoms with Crippen LogP contribution in [-0.2, 0) is 6.42 Å². The first-order chi connectivity index (χ1) is 25.3. The zero-order valence-corrected chi connectivity index (χ0v) is 34.7. The molecule has 2 unspecified atom stereocenters. The fourth-order valence-electron chi connectivity index (χ4n) is 9.68. The van der Waals surface area contributed by atoms with E-state index >= 15 is 0 Å². The van der Waals surface area contributed by atoms with Crippen LogP contribution < -0.4 is 14.3 Å². The molecule has 53 heavy (non-hydrogen) atoms. The quantitative estimate of drug-likeness (QED) is 0.131. The van der Waals surface area contributed by atoms with Crippen LogP contribution in [0.3, 0.4) is 0 Å². The number of fused-ring (bicyclic) bond motifs is 13. The van der Waals surface area contributed by atoms with Gasteiger partial charge in [0.2, 0.25) is 17.1 Å². The Morgan fingerprint density at radius 2 is 1.70 bits per heavy atom. The topological polar surface area (TPSA) is 33.8 Å². The highest BCUT2D eigenvalue weighted by Crippen LogP contribution is 2.47. The molecule has 6 aromatic rings. The van der Waals surface area contributed by atoms with Gasteiger partial charge >= 0.3 is 0 Å². The van der Waals surface area contributed by atoms with Crippen molar-refractivity contribution in [1.82, 2.24) is 4.98 Å². The first-order valence-corrected chi connectivity index (χ1v) is 23.6. The van der Waals surface area contributed by atoms with Crippen LogP contribution in [0.15, 0.2) is 78.0 Å². The van der Waals surface area contributed by atoms with Gasteiger partial charge in [-0.15, -0.1) is 0 Å². The Morgan fingerprint density at radius 3 is 2.42 bits per heavy atom. The number of pyridine rings is 3. The highest BCUT2D eigenvalue weighted by Gasteiger charge is 2.44. The van der Waals surface area contributed by atoms with E-state index in [4.69, 9.17) is 16.0 Å². The van der Waals surface area contributed by atoms with E-state index in [1.807, 2.05) is 0 Å². The second-order valence-electron chi connectivity index (χ2n) is 17.4. The lowest BCUT2D eigenvalue weighted by molar-refractivity contribution is -0.719. The SMILES string of the molecule is C=C1CC2C(CCc3cc(C)c4c(oc5nc(C)c(C)cc54)c3-c3cc(C(CC)CC)cc[n+]31)c1ccccc1-c1cc(C(C)C)c([Si](C)(C)C)c[n+]12. The summed E-state index contributed by atoms with van der Waals surface area (Å²) in [5, 5.41) is 3.87. The lowest BCUT2D eigenvalue weighted by atomic mass is 9.77. The Bertz CT molecular complexity index is 2440. The summed E-state index contributed by atoms with van der Waals surface area (Å²) in [6.45, 7) is 28.3. The van der Waals surface area contributed by atoms with E-state index in [0.717, 1.165) is 60.2 Å². The number of hydrogen-bond acceptors (Lipinski definition) is 2. The second kappa shape index (κ2) is 13.2. The van der Waals surface area contributed by atoms with Crippen LogP contribution in [0.2, 0.25) is 19.6 Å². The van der Waals surface area contributed by atoms with Gasteiger partial charge in [0.05, 0.1) is 20.1 Å². The second-order valence-corrected chi connectivity index (χ2v) is 22.5. The molecule has 0 saturated carbocycles. The summed E-state index contributed by atoms with van der Waals surface area (Å²) in [4.78, 5) is 4.97. The van der Waals surface area contributed by atoms with Gasteiger partial charge in [0, 0.05) is 51.3 Å². The molecule has 0 amide bonds. The molecule has 0 N–H and O–H groups in total. The molecule has 0 radical (unpaired) electrons. The largest absolute Gasteiger partial charge is 0.437 e. The van der Waals surface area contributed by atoms with Crippen molar-refractivity contribution in [3.8, 4) is 22.5 Å². The number of nitrogens with zero attached hydrogens (tertiary/aromatic N) is 3. The minimum atomic E-state index is -1.65. The van der Waals surface area contributed by atoms with E-state index in [2.05, 4.69) is 144 Å². The normalized spacial score (nSPS) is 17.2. The minimum Gasteiger partial charge on any atom is -0.437 e. The van der Waals surface area contributed by atoms with E-state index in [9.17, 15) is 0 Å². The Morgan fingerprint density at radius 1 is 0.943 bits per heavy atom. The van der Waals surface area contributed by atoms with Crippen molar-refractivity contribution >= 4 is 41.0 Å². The lowest BCUT2D eigenvalue weighted by Crippen LogP contribution is -2.54. The summed E-state index contributed by atoms with van der Waals surface area (Å²) in [5.74, 6) is 1.29. The molecule has 2 aliphatic heterocycles. The van der Waals surface area contributed by atoms with Crippen molar-refractivity contribution in [1.29, 1.82) is 0 Å². The highest BCUT2D eigenvalue weighted by molar-refractivity contribution is 6.89. The molecule has 0 bridgehead atoms. The average molecular weight is 720 g/mol. The van der Waals surface area contributed by atoms with Crippen LogP contribution in [0.25, 0.3) is 50.3 Å². The molecule has 0 spiro atoms. The molecule has 4 nitrogen and oxygen atoms in total. The Kier molecular flexibility index (Phi) is 8.88. The number of aryl methyl sites for hydroxylation is 4. The molecule has 8 rings (SSSR count). The minimum absolute atomic E-state index is 0.246. The van der Waals surface area contributed by atoms with Gasteiger partial charge in [0.25, 0.3) is 0 Å². The molecule has 0 fully saturated rings. The average Bonchev–Trinajstić information content (AvgIpc) is 3.49. The highest BCUT2D eigenvalue weighted by atomic mass is 28.3. The van der Waals surface area contributed by atoms with E-state index in [-0.39, 0.29) is 6.04 Å². The molecular formula is C48H57N3OSi+2. The van der Waals surface area contributed by atoms with Gasteiger partial charge in [-0.25, -0.2) is 4.98 Å². The molecule has 0 aliphatic carbocycles. The van der Waals surface area contributed by atoms with Crippen molar-refractivity contribution in [3.05, 3.63) is 113 Å². The van der Waals surface area contributed by atoms with Crippen molar-refractivity contribution in [3.63, 3.8) is 0 Å². The summed E-state index contributed by atoms with van der Waals surface area (Å²) >= 11 is 0. The number of allylic oxidation sites excluding steroid dienone is 1. The number of rotatable bonds is 5. The molecule has 5 heteroatoms. The molecule has 2 atom stereocenters. The molecule has 6 heterocycles. The summed E-state index contributed by atoms with van der Waals surface area (Å²) in [6, 6.07) is 21.6. The summed E-state index contributed by atoms with van der Waals surface area (Å²) in [5.41, 5.74) is 17.1. The third-order valence-electron chi connectivity index (χ3n) is 12.7. The number of benzene rings is 2. The van der Waals surface area contributed by atoms with Gasteiger partial charge in [0.1, 0.15) is 0 Å². The van der Waals surface area contributed by atoms with Crippen molar-refractivity contribution in [2.75, 3.05) is 0 Å². The van der Waals surface area contributed by atoms with E-state index in [1.165, 1.54) is 61.3 Å². The Balaban J connectivity index is 1.41. The number of furan rings is 1. The predicted molar refractivity (Wildman–Crippen MR) is 224 cm³/mol. The van der Waals surface area contributed by atoms with Crippen LogP contribution in [0.1, 0.15) is 116 Å². The lowest BCUT2D eigenvalue weighted by Gasteiger charge is -2.33. The van der Waals surface area contributed by atoms with Gasteiger partial charge in [0.15, 0.2) is 29.7 Å². The predicted octanol–water partition coefficient (Wildman–Crippen LogP) is 11.5. The standard InChI is InChI=1S/C48H57N3OSi/c1-12-33(13-2)34-20-21-50-31(7)24-41-38(36-16-14-15-17-37(36)42-26-39(28(3)4)44(27-51(41)42)53(9,10)11)19-18-35-22-30(6)45-40-23-29(5)32(8)49-48(40)52-47(45)46(35)43(50)25-34/h14-17,20-23,25-28,33,38,41H,7,12-13,18-19,24H2,1-6,8-11H3/q+2. The van der Waals surface area contributed by atoms with E-state index in [0.29, 0.717) is 17.8 Å². The Labute approximate surface area is 317 Å². The molecule has 4 aromatic heterocycles. The maximum Gasteiger partial charge on any atom is 0.227 e. The van der Waals surface area contributed by atoms with Crippen LogP contribution in [0.4, 0.5) is 0 Å². The number of hydrogen-bond donors (Lipinski definition) is 0. The summed E-state index contributed by atoms with van der Waals surface area (Å²) in [6.07, 6.45) is 9.96. The van der Waals surface area contributed by atoms with Crippen molar-refractivity contribution < 1.29 is 13.6 Å². The first kappa shape index (κ1) is 35.7. The fourth-order valence-corrected chi connectivity index (χ4v) is 11.4. The van der Waals surface area contributed by atoms with Crippen molar-refractivity contribution in [2.24, 2.45) is 0 Å². The van der Waals surface area contributed by atoms with Gasteiger partial charge in [-0.3, -0.25) is 0 Å². The van der Waals surface area contributed by atoms with E-state index in [1.54, 1.807) is 5.19 Å². The van der Waals surface area contributed by atoms with Gasteiger partial charge < -0.3 is 4.42 Å². The van der Waals surface area contributed by atoms with Crippen LogP contribution in [-0.4, -0.2) is 13.1 Å². The van der Waals surface area contributed by atoms with Crippen LogP contribution >= 0.6 is 0 Å². The molecule has 2 aromatic carbocycles. The van der Waals surface area contributed by atoms with E-state index < -0.39 is 8.07 Å². The van der Waals surface area contributed by atoms with Crippen molar-refractivity contribution in [2.45, 2.75) is 124 Å². The smallest absolute Gasteiger partial charge is 0.227 e. The molecule has 0 saturated heterocycles. The third-order valence-corrected chi connectivity index (χ3v) is 14.7. The summed E-state index contributed by atoms with van der Waals surface area (Å²) < 4.78 is 12.0. The number of aromatic nitrogens is 3. The summed E-state index contributed by atoms with van der Waals surface area (Å²) in [7, 11) is -1.65. The Hall–Kier alpha value is -4.35. The first-order valence-electron chi connectivity index (χ1n) is 20.1. The van der Waals surface area contributed by atoms with Crippen LogP contribution in [0, 0.1) is 20.8 Å². The monoisotopic (exact) mass is 719 g/mol. The molecule has 2 aliphatic rings. The zero-order chi connectivity index (χ0) is 37.5. The zero-order valence-electron chi connectivity index (χ0n) is 33.7. The van der Waals surface area contributed by atoms with Gasteiger partial charge in [-0.2, -0.15) is 9.13 Å². The maximum atomic E-state index is 6.91. The molecular weight excluding hydrogens is 663 g/mol. The van der Waals surface area contributed by atoms with Gasteiger partial charge in [-0.1, -0.05) is 71.6 Å². The van der Waals surface area contributed by atoms with Gasteiger partial charge in [-0.05, 0) is 110 Å². The maximum absolute atomic E-state index is 6.91. The fraction of sp³-hybridized carbons (Fsp3) is 0.396. The third kappa shape index (κ3) is 5.82. The van der Waals surface area contributed by atoms with Crippen LogP contribution in [0.5, 0.6) is 0 Å².